The minimum absolute atomic E-state index is 0.297. The van der Waals surface area contributed by atoms with Gasteiger partial charge >= 0.3 is 0 Å². The minimum atomic E-state index is -0.379. The van der Waals surface area contributed by atoms with Crippen LogP contribution in [0.15, 0.2) is 84.0 Å². The number of benzene rings is 3. The average Bonchev–Trinajstić information content (AvgIpc) is 3.08. The molecule has 0 bridgehead atoms. The van der Waals surface area contributed by atoms with Crippen LogP contribution in [-0.2, 0) is 0 Å². The first-order valence-electron chi connectivity index (χ1n) is 8.34. The summed E-state index contributed by atoms with van der Waals surface area (Å²) in [6.07, 6.45) is 1.67. The van der Waals surface area contributed by atoms with E-state index in [0.717, 1.165) is 16.7 Å². The van der Waals surface area contributed by atoms with Crippen LogP contribution >= 0.6 is 12.2 Å². The van der Waals surface area contributed by atoms with E-state index < -0.39 is 0 Å². The van der Waals surface area contributed by atoms with Crippen molar-refractivity contribution in [2.24, 2.45) is 5.10 Å². The van der Waals surface area contributed by atoms with Gasteiger partial charge in [-0.2, -0.15) is 14.9 Å². The van der Waals surface area contributed by atoms with Gasteiger partial charge < -0.3 is 0 Å². The molecule has 3 aromatic carbocycles. The molecular weight excluding hydrogens is 359 g/mol. The molecule has 0 aliphatic heterocycles. The molecule has 0 fully saturated rings. The topological polar surface area (TPSA) is 46.0 Å². The van der Waals surface area contributed by atoms with Gasteiger partial charge in [0.2, 0.25) is 4.77 Å². The van der Waals surface area contributed by atoms with Gasteiger partial charge in [-0.25, -0.2) is 9.49 Å². The van der Waals surface area contributed by atoms with Crippen molar-refractivity contribution in [2.75, 3.05) is 0 Å². The Morgan fingerprint density at radius 2 is 1.56 bits per heavy atom. The van der Waals surface area contributed by atoms with Gasteiger partial charge in [-0.05, 0) is 41.0 Å². The van der Waals surface area contributed by atoms with Crippen molar-refractivity contribution in [3.05, 3.63) is 95.0 Å². The second-order valence-electron chi connectivity index (χ2n) is 5.88. The maximum absolute atomic E-state index is 14.1. The first kappa shape index (κ1) is 17.1. The predicted octanol–water partition coefficient (Wildman–Crippen LogP) is 5.30. The van der Waals surface area contributed by atoms with Crippen LogP contribution in [0.5, 0.6) is 0 Å². The van der Waals surface area contributed by atoms with Gasteiger partial charge in [-0.1, -0.05) is 66.7 Å². The van der Waals surface area contributed by atoms with Gasteiger partial charge in [0.1, 0.15) is 5.82 Å². The lowest BCUT2D eigenvalue weighted by Crippen LogP contribution is -1.96. The van der Waals surface area contributed by atoms with Gasteiger partial charge in [0.15, 0.2) is 5.82 Å². The molecule has 0 saturated heterocycles. The lowest BCUT2D eigenvalue weighted by molar-refractivity contribution is 0.628. The van der Waals surface area contributed by atoms with Gasteiger partial charge in [0, 0.05) is 0 Å². The van der Waals surface area contributed by atoms with E-state index in [4.69, 9.17) is 12.2 Å². The monoisotopic (exact) mass is 374 g/mol. The highest BCUT2D eigenvalue weighted by molar-refractivity contribution is 7.71. The number of nitrogens with zero attached hydrogens (tertiary/aromatic N) is 3. The molecule has 0 atom stereocenters. The summed E-state index contributed by atoms with van der Waals surface area (Å²) < 4.78 is 15.8. The van der Waals surface area contributed by atoms with Crippen molar-refractivity contribution in [1.82, 2.24) is 14.9 Å². The number of H-pyrrole nitrogens is 1. The van der Waals surface area contributed by atoms with Crippen LogP contribution in [0.1, 0.15) is 5.56 Å². The van der Waals surface area contributed by atoms with Crippen molar-refractivity contribution in [3.63, 3.8) is 0 Å². The number of aromatic nitrogens is 3. The molecule has 27 heavy (non-hydrogen) atoms. The molecule has 0 aliphatic carbocycles. The molecule has 0 saturated carbocycles. The molecule has 1 heterocycles. The lowest BCUT2D eigenvalue weighted by Gasteiger charge is -2.03. The molecule has 4 aromatic rings. The minimum Gasteiger partial charge on any atom is -0.250 e. The molecule has 6 heteroatoms. The van der Waals surface area contributed by atoms with Crippen LogP contribution in [0.3, 0.4) is 0 Å². The second-order valence-corrected chi connectivity index (χ2v) is 6.26. The Hall–Kier alpha value is -3.38. The molecule has 132 valence electrons. The molecule has 4 rings (SSSR count). The second kappa shape index (κ2) is 7.47. The van der Waals surface area contributed by atoms with Crippen molar-refractivity contribution in [1.29, 1.82) is 0 Å². The number of rotatable bonds is 4. The van der Waals surface area contributed by atoms with Crippen LogP contribution in [-0.4, -0.2) is 21.1 Å². The molecule has 0 unspecified atom stereocenters. The lowest BCUT2D eigenvalue weighted by atomic mass is 10.0. The first-order valence-corrected chi connectivity index (χ1v) is 8.75. The number of halogens is 1. The standard InChI is InChI=1S/C21H15FN4S/c22-19-9-5-4-8-18(19)20-24-25-21(27)26(20)23-14-15-10-12-17(13-11-15)16-6-2-1-3-7-16/h1-14H,(H,25,27)/b23-14-. The van der Waals surface area contributed by atoms with Crippen LogP contribution < -0.4 is 0 Å². The summed E-state index contributed by atoms with van der Waals surface area (Å²) in [4.78, 5) is 0. The van der Waals surface area contributed by atoms with E-state index in [-0.39, 0.29) is 5.82 Å². The third-order valence-corrected chi connectivity index (χ3v) is 4.37. The zero-order chi connectivity index (χ0) is 18.6. The molecule has 1 aromatic heterocycles. The van der Waals surface area contributed by atoms with E-state index in [9.17, 15) is 4.39 Å². The summed E-state index contributed by atoms with van der Waals surface area (Å²) in [5.41, 5.74) is 3.51. The highest BCUT2D eigenvalue weighted by atomic mass is 32.1. The number of hydrogen-bond acceptors (Lipinski definition) is 3. The summed E-state index contributed by atoms with van der Waals surface area (Å²) in [6, 6.07) is 24.5. The average molecular weight is 374 g/mol. The SMILES string of the molecule is Fc1ccccc1-c1n[nH]c(=S)n1/N=C\c1ccc(-c2ccccc2)cc1. The van der Waals surface area contributed by atoms with E-state index >= 15 is 0 Å². The highest BCUT2D eigenvalue weighted by Crippen LogP contribution is 2.21. The maximum Gasteiger partial charge on any atom is 0.216 e. The maximum atomic E-state index is 14.1. The zero-order valence-electron chi connectivity index (χ0n) is 14.2. The van der Waals surface area contributed by atoms with Crippen LogP contribution in [0.4, 0.5) is 4.39 Å². The van der Waals surface area contributed by atoms with Crippen molar-refractivity contribution >= 4 is 18.4 Å². The summed E-state index contributed by atoms with van der Waals surface area (Å²) in [5.74, 6) is -0.0505. The van der Waals surface area contributed by atoms with Crippen molar-refractivity contribution in [3.8, 4) is 22.5 Å². The Labute approximate surface area is 160 Å². The van der Waals surface area contributed by atoms with Gasteiger partial charge in [-0.15, -0.1) is 0 Å². The Bertz CT molecular complexity index is 1140. The fourth-order valence-electron chi connectivity index (χ4n) is 2.73. The van der Waals surface area contributed by atoms with E-state index in [0.29, 0.717) is 16.2 Å². The highest BCUT2D eigenvalue weighted by Gasteiger charge is 2.12. The van der Waals surface area contributed by atoms with E-state index in [1.54, 1.807) is 24.4 Å². The van der Waals surface area contributed by atoms with E-state index in [2.05, 4.69) is 27.4 Å². The van der Waals surface area contributed by atoms with Gasteiger partial charge in [-0.3, -0.25) is 0 Å². The third-order valence-electron chi connectivity index (χ3n) is 4.11. The van der Waals surface area contributed by atoms with Gasteiger partial charge in [0.05, 0.1) is 11.8 Å². The zero-order valence-corrected chi connectivity index (χ0v) is 15.0. The fraction of sp³-hybridized carbons (Fsp3) is 0. The largest absolute Gasteiger partial charge is 0.250 e. The smallest absolute Gasteiger partial charge is 0.216 e. The molecular formula is C21H15FN4S. The number of aromatic amines is 1. The Kier molecular flexibility index (Phi) is 4.72. The summed E-state index contributed by atoms with van der Waals surface area (Å²) in [5, 5.41) is 11.2. The first-order chi connectivity index (χ1) is 13.2. The third kappa shape index (κ3) is 3.61. The number of hydrogen-bond donors (Lipinski definition) is 1. The Morgan fingerprint density at radius 3 is 2.30 bits per heavy atom. The predicted molar refractivity (Wildman–Crippen MR) is 108 cm³/mol. The molecule has 0 spiro atoms. The van der Waals surface area contributed by atoms with Crippen molar-refractivity contribution < 1.29 is 4.39 Å². The van der Waals surface area contributed by atoms with Crippen LogP contribution in [0.2, 0.25) is 0 Å². The Morgan fingerprint density at radius 1 is 0.889 bits per heavy atom. The molecule has 1 N–H and O–H groups in total. The Balaban J connectivity index is 1.64. The summed E-state index contributed by atoms with van der Waals surface area (Å²) >= 11 is 5.22. The summed E-state index contributed by atoms with van der Waals surface area (Å²) in [6.45, 7) is 0. The summed E-state index contributed by atoms with van der Waals surface area (Å²) in [7, 11) is 0. The van der Waals surface area contributed by atoms with Crippen molar-refractivity contribution in [2.45, 2.75) is 0 Å². The molecule has 0 aliphatic rings. The van der Waals surface area contributed by atoms with E-state index in [1.807, 2.05) is 42.5 Å². The fourth-order valence-corrected chi connectivity index (χ4v) is 2.91. The molecule has 4 nitrogen and oxygen atoms in total. The quantitative estimate of drug-likeness (QED) is 0.389. The molecule has 0 radical (unpaired) electrons. The molecule has 0 amide bonds. The van der Waals surface area contributed by atoms with Crippen LogP contribution in [0.25, 0.3) is 22.5 Å². The normalized spacial score (nSPS) is 11.1. The number of nitrogens with one attached hydrogen (secondary N) is 1. The van der Waals surface area contributed by atoms with Crippen LogP contribution in [0, 0.1) is 10.6 Å². The van der Waals surface area contributed by atoms with Gasteiger partial charge in [0.25, 0.3) is 0 Å². The van der Waals surface area contributed by atoms with E-state index in [1.165, 1.54) is 10.7 Å².